The van der Waals surface area contributed by atoms with Gasteiger partial charge in [0.1, 0.15) is 11.4 Å². The van der Waals surface area contributed by atoms with E-state index in [2.05, 4.69) is 19.2 Å². The molecule has 4 nitrogen and oxygen atoms in total. The first-order valence-electron chi connectivity index (χ1n) is 8.11. The summed E-state index contributed by atoms with van der Waals surface area (Å²) in [6.45, 7) is 6.78. The quantitative estimate of drug-likeness (QED) is 0.770. The highest BCUT2D eigenvalue weighted by Gasteiger charge is 2.24. The number of thiophene rings is 1. The fourth-order valence-electron chi connectivity index (χ4n) is 2.16. The Morgan fingerprint density at radius 2 is 2.00 bits per heavy atom. The molecule has 0 radical (unpaired) electrons. The molecule has 1 unspecified atom stereocenters. The highest BCUT2D eigenvalue weighted by Crippen LogP contribution is 2.24. The first-order chi connectivity index (χ1) is 11.4. The Bertz CT molecular complexity index is 633. The van der Waals surface area contributed by atoms with Crippen molar-refractivity contribution in [1.82, 2.24) is 5.32 Å². The van der Waals surface area contributed by atoms with E-state index in [9.17, 15) is 9.90 Å². The summed E-state index contributed by atoms with van der Waals surface area (Å²) in [6, 6.07) is 11.3. The van der Waals surface area contributed by atoms with Gasteiger partial charge in [0, 0.05) is 4.88 Å². The van der Waals surface area contributed by atoms with E-state index in [1.807, 2.05) is 41.8 Å². The van der Waals surface area contributed by atoms with Gasteiger partial charge < -0.3 is 15.2 Å². The number of carbonyl (C=O) groups excluding carboxylic acids is 1. The minimum atomic E-state index is -1.04. The minimum Gasteiger partial charge on any atom is -0.493 e. The zero-order valence-corrected chi connectivity index (χ0v) is 15.2. The molecule has 0 bridgehead atoms. The van der Waals surface area contributed by atoms with Crippen LogP contribution in [0, 0.1) is 5.92 Å². The lowest BCUT2D eigenvalue weighted by Gasteiger charge is -2.22. The summed E-state index contributed by atoms with van der Waals surface area (Å²) in [4.78, 5) is 12.9. The normalized spacial score (nSPS) is 13.5. The largest absolute Gasteiger partial charge is 0.493 e. The number of benzene rings is 1. The molecule has 2 N–H and O–H groups in total. The molecule has 0 saturated heterocycles. The number of rotatable bonds is 8. The number of nitrogens with one attached hydrogen (secondary N) is 1. The van der Waals surface area contributed by atoms with E-state index >= 15 is 0 Å². The SMILES string of the molecule is CC(C)COc1ccc(CC(=O)NCC(C)(O)c2cccs2)cc1. The molecule has 0 fully saturated rings. The highest BCUT2D eigenvalue weighted by atomic mass is 32.1. The highest BCUT2D eigenvalue weighted by molar-refractivity contribution is 7.10. The maximum Gasteiger partial charge on any atom is 0.224 e. The summed E-state index contributed by atoms with van der Waals surface area (Å²) in [5, 5.41) is 15.1. The van der Waals surface area contributed by atoms with Crippen molar-refractivity contribution in [2.45, 2.75) is 32.8 Å². The van der Waals surface area contributed by atoms with E-state index in [1.54, 1.807) is 6.92 Å². The van der Waals surface area contributed by atoms with Crippen LogP contribution in [-0.2, 0) is 16.8 Å². The molecule has 1 heterocycles. The van der Waals surface area contributed by atoms with Crippen LogP contribution in [0.25, 0.3) is 0 Å². The monoisotopic (exact) mass is 347 g/mol. The van der Waals surface area contributed by atoms with Gasteiger partial charge in [-0.1, -0.05) is 32.0 Å². The van der Waals surface area contributed by atoms with E-state index in [0.717, 1.165) is 16.2 Å². The van der Waals surface area contributed by atoms with Crippen molar-refractivity contribution in [3.63, 3.8) is 0 Å². The van der Waals surface area contributed by atoms with Crippen molar-refractivity contribution in [2.24, 2.45) is 5.92 Å². The first kappa shape index (κ1) is 18.5. The topological polar surface area (TPSA) is 58.6 Å². The number of aliphatic hydroxyl groups is 1. The Kier molecular flexibility index (Phi) is 6.40. The molecule has 0 aliphatic rings. The summed E-state index contributed by atoms with van der Waals surface area (Å²) in [5.74, 6) is 1.18. The molecule has 24 heavy (non-hydrogen) atoms. The van der Waals surface area contributed by atoms with Gasteiger partial charge in [-0.2, -0.15) is 0 Å². The molecule has 0 spiro atoms. The van der Waals surface area contributed by atoms with Crippen molar-refractivity contribution >= 4 is 17.2 Å². The van der Waals surface area contributed by atoms with Crippen LogP contribution >= 0.6 is 11.3 Å². The van der Waals surface area contributed by atoms with Crippen molar-refractivity contribution in [2.75, 3.05) is 13.2 Å². The van der Waals surface area contributed by atoms with E-state index in [1.165, 1.54) is 11.3 Å². The van der Waals surface area contributed by atoms with E-state index in [4.69, 9.17) is 4.74 Å². The van der Waals surface area contributed by atoms with Gasteiger partial charge in [-0.3, -0.25) is 4.79 Å². The molecule has 0 aliphatic heterocycles. The smallest absolute Gasteiger partial charge is 0.224 e. The number of amides is 1. The lowest BCUT2D eigenvalue weighted by molar-refractivity contribution is -0.121. The summed E-state index contributed by atoms with van der Waals surface area (Å²) in [5.41, 5.74) is -0.126. The first-order valence-corrected chi connectivity index (χ1v) is 8.99. The predicted molar refractivity (Wildman–Crippen MR) is 97.4 cm³/mol. The minimum absolute atomic E-state index is 0.109. The van der Waals surface area contributed by atoms with Crippen LogP contribution < -0.4 is 10.1 Å². The Morgan fingerprint density at radius 1 is 1.29 bits per heavy atom. The number of hydrogen-bond acceptors (Lipinski definition) is 4. The van der Waals surface area contributed by atoms with Crippen LogP contribution in [0.15, 0.2) is 41.8 Å². The van der Waals surface area contributed by atoms with Crippen molar-refractivity contribution in [3.8, 4) is 5.75 Å². The lowest BCUT2D eigenvalue weighted by Crippen LogP contribution is -2.38. The Labute approximate surface area is 147 Å². The van der Waals surface area contributed by atoms with Crippen LogP contribution in [0.3, 0.4) is 0 Å². The maximum absolute atomic E-state index is 12.1. The van der Waals surface area contributed by atoms with E-state index in [-0.39, 0.29) is 18.9 Å². The fourth-order valence-corrected chi connectivity index (χ4v) is 2.94. The number of ether oxygens (including phenoxy) is 1. The molecule has 1 aromatic heterocycles. The van der Waals surface area contributed by atoms with Gasteiger partial charge in [-0.15, -0.1) is 11.3 Å². The fraction of sp³-hybridized carbons (Fsp3) is 0.421. The second kappa shape index (κ2) is 8.31. The summed E-state index contributed by atoms with van der Waals surface area (Å²) in [6.07, 6.45) is 0.283. The van der Waals surface area contributed by atoms with E-state index < -0.39 is 5.60 Å². The van der Waals surface area contributed by atoms with Crippen LogP contribution in [0.1, 0.15) is 31.2 Å². The molecular formula is C19H25NO3S. The molecule has 1 aromatic carbocycles. The Balaban J connectivity index is 1.82. The molecule has 0 saturated carbocycles. The van der Waals surface area contributed by atoms with Crippen LogP contribution in [-0.4, -0.2) is 24.2 Å². The average Bonchev–Trinajstić information content (AvgIpc) is 3.08. The molecule has 130 valence electrons. The zero-order valence-electron chi connectivity index (χ0n) is 14.4. The molecule has 5 heteroatoms. The van der Waals surface area contributed by atoms with Crippen molar-refractivity contribution in [1.29, 1.82) is 0 Å². The van der Waals surface area contributed by atoms with Gasteiger partial charge in [-0.05, 0) is 42.0 Å². The van der Waals surface area contributed by atoms with Gasteiger partial charge >= 0.3 is 0 Å². The summed E-state index contributed by atoms with van der Waals surface area (Å²) in [7, 11) is 0. The lowest BCUT2D eigenvalue weighted by atomic mass is 10.0. The standard InChI is InChI=1S/C19H25NO3S/c1-14(2)12-23-16-8-6-15(7-9-16)11-18(21)20-13-19(3,22)17-5-4-10-24-17/h4-10,14,22H,11-13H2,1-3H3,(H,20,21). The summed E-state index contributed by atoms with van der Waals surface area (Å²) >= 11 is 1.48. The molecule has 0 aliphatic carbocycles. The van der Waals surface area contributed by atoms with Crippen molar-refractivity contribution in [3.05, 3.63) is 52.2 Å². The van der Waals surface area contributed by atoms with E-state index in [0.29, 0.717) is 12.5 Å². The molecule has 2 rings (SSSR count). The van der Waals surface area contributed by atoms with Crippen LogP contribution in [0.5, 0.6) is 5.75 Å². The Hall–Kier alpha value is -1.85. The molecule has 1 amide bonds. The third kappa shape index (κ3) is 5.65. The summed E-state index contributed by atoms with van der Waals surface area (Å²) < 4.78 is 5.63. The molecular weight excluding hydrogens is 322 g/mol. The number of carbonyl (C=O) groups is 1. The maximum atomic E-state index is 12.1. The van der Waals surface area contributed by atoms with Gasteiger partial charge in [0.25, 0.3) is 0 Å². The van der Waals surface area contributed by atoms with Crippen molar-refractivity contribution < 1.29 is 14.6 Å². The zero-order chi connectivity index (χ0) is 17.6. The van der Waals surface area contributed by atoms with Gasteiger partial charge in [0.15, 0.2) is 0 Å². The predicted octanol–water partition coefficient (Wildman–Crippen LogP) is 3.35. The van der Waals surface area contributed by atoms with Crippen LogP contribution in [0.2, 0.25) is 0 Å². The second-order valence-electron chi connectivity index (χ2n) is 6.55. The second-order valence-corrected chi connectivity index (χ2v) is 7.50. The van der Waals surface area contributed by atoms with Crippen LogP contribution in [0.4, 0.5) is 0 Å². The molecule has 2 aromatic rings. The molecule has 1 atom stereocenters. The van der Waals surface area contributed by atoms with Gasteiger partial charge in [0.05, 0.1) is 19.6 Å². The van der Waals surface area contributed by atoms with Gasteiger partial charge in [-0.25, -0.2) is 0 Å². The number of hydrogen-bond donors (Lipinski definition) is 2. The van der Waals surface area contributed by atoms with Gasteiger partial charge in [0.2, 0.25) is 5.91 Å². The average molecular weight is 347 g/mol. The Morgan fingerprint density at radius 3 is 2.58 bits per heavy atom. The third-order valence-electron chi connectivity index (χ3n) is 3.55. The third-order valence-corrected chi connectivity index (χ3v) is 4.68.